The van der Waals surface area contributed by atoms with E-state index in [1.54, 1.807) is 0 Å². The first kappa shape index (κ1) is 35.7. The van der Waals surface area contributed by atoms with E-state index >= 15 is 0 Å². The molecule has 0 atom stereocenters. The maximum absolute atomic E-state index is 10.7. The third-order valence-electron chi connectivity index (χ3n) is 4.79. The van der Waals surface area contributed by atoms with Crippen molar-refractivity contribution in [2.45, 2.75) is 65.7 Å². The fourth-order valence-corrected chi connectivity index (χ4v) is 3.18. The molecule has 1 aromatic carbocycles. The third-order valence-corrected chi connectivity index (χ3v) is 4.79. The van der Waals surface area contributed by atoms with E-state index in [-0.39, 0.29) is 0 Å². The van der Waals surface area contributed by atoms with Crippen LogP contribution in [0.2, 0.25) is 0 Å². The monoisotopic (exact) mass is 642 g/mol. The molecule has 3 rings (SSSR count). The van der Waals surface area contributed by atoms with Crippen LogP contribution in [0.1, 0.15) is 50.7 Å². The summed E-state index contributed by atoms with van der Waals surface area (Å²) in [5, 5.41) is 0. The average Bonchev–Trinajstić information content (AvgIpc) is 3.37. The van der Waals surface area contributed by atoms with Crippen LogP contribution in [0.4, 0.5) is 50.4 Å². The van der Waals surface area contributed by atoms with Crippen molar-refractivity contribution in [3.8, 4) is 0 Å². The summed E-state index contributed by atoms with van der Waals surface area (Å²) in [4.78, 5) is 0. The van der Waals surface area contributed by atoms with E-state index in [0.717, 1.165) is 26.2 Å². The SMILES string of the molecule is CCCCn1cc[n+](Cc2ccc(C[n+]3ccn(CCCC)c3)cc2)c1.F[P-](F)(F)(F)(F)F.F[P-](F)(F)(F)(F)F. The van der Waals surface area contributed by atoms with Crippen LogP contribution in [0.25, 0.3) is 0 Å². The normalized spacial score (nSPS) is 15.3. The first-order chi connectivity index (χ1) is 17.7. The summed E-state index contributed by atoms with van der Waals surface area (Å²) in [5.74, 6) is 0. The quantitative estimate of drug-likeness (QED) is 0.119. The summed E-state index contributed by atoms with van der Waals surface area (Å²) in [6.45, 7) is 8.55. The molecule has 0 N–H and O–H groups in total. The summed E-state index contributed by atoms with van der Waals surface area (Å²) in [5.41, 5.74) is 2.69. The van der Waals surface area contributed by atoms with Crippen LogP contribution in [0, 0.1) is 0 Å². The Labute approximate surface area is 223 Å². The fraction of sp³-hybridized carbons (Fsp3) is 0.455. The third kappa shape index (κ3) is 24.7. The van der Waals surface area contributed by atoms with E-state index in [9.17, 15) is 50.4 Å². The number of hydrogen-bond donors (Lipinski definition) is 0. The molecule has 0 saturated carbocycles. The van der Waals surface area contributed by atoms with Crippen LogP contribution < -0.4 is 9.13 Å². The van der Waals surface area contributed by atoms with Gasteiger partial charge in [0.05, 0.1) is 13.1 Å². The van der Waals surface area contributed by atoms with Gasteiger partial charge in [-0.25, -0.2) is 18.3 Å². The van der Waals surface area contributed by atoms with Crippen LogP contribution in [0.15, 0.2) is 61.7 Å². The molecule has 0 saturated heterocycles. The summed E-state index contributed by atoms with van der Waals surface area (Å²) in [7, 11) is -21.3. The topological polar surface area (TPSA) is 17.6 Å². The molecule has 0 fully saturated rings. The Hall–Kier alpha value is -2.34. The van der Waals surface area contributed by atoms with Crippen molar-refractivity contribution in [2.75, 3.05) is 0 Å². The Morgan fingerprint density at radius 3 is 1.07 bits per heavy atom. The number of imidazole rings is 2. The fourth-order valence-electron chi connectivity index (χ4n) is 3.18. The van der Waals surface area contributed by atoms with Gasteiger partial charge in [-0.1, -0.05) is 51.0 Å². The standard InChI is InChI=1S/C22H32N4.2F6P/c1-3-5-11-23-13-15-25(19-23)17-21-7-9-22(10-8-21)18-26-16-14-24(20-26)12-6-4-2;2*1-7(2,3,4,5)6/h7-10,13-16,19-20H,3-6,11-12,17-18H2,1-2H3;;/q+2;2*-1. The minimum atomic E-state index is -10.7. The van der Waals surface area contributed by atoms with E-state index in [1.807, 2.05) is 0 Å². The predicted octanol–water partition coefficient (Wildman–Crippen LogP) is 10.3. The van der Waals surface area contributed by atoms with E-state index in [1.165, 1.54) is 36.8 Å². The number of halogens is 12. The first-order valence-corrected chi connectivity index (χ1v) is 16.0. The predicted molar refractivity (Wildman–Crippen MR) is 131 cm³/mol. The van der Waals surface area contributed by atoms with Gasteiger partial charge in [-0.15, -0.1) is 0 Å². The van der Waals surface area contributed by atoms with Gasteiger partial charge in [-0.2, -0.15) is 0 Å². The van der Waals surface area contributed by atoms with Crippen molar-refractivity contribution < 1.29 is 59.5 Å². The van der Waals surface area contributed by atoms with Gasteiger partial charge in [0, 0.05) is 0 Å². The van der Waals surface area contributed by atoms with Crippen LogP contribution in [0.5, 0.6) is 0 Å². The Morgan fingerprint density at radius 2 is 0.825 bits per heavy atom. The Bertz CT molecular complexity index is 1080. The zero-order chi connectivity index (χ0) is 31.0. The first-order valence-electron chi connectivity index (χ1n) is 12.0. The Morgan fingerprint density at radius 1 is 0.550 bits per heavy atom. The van der Waals surface area contributed by atoms with Gasteiger partial charge >= 0.3 is 66.0 Å². The molecule has 18 heteroatoms. The van der Waals surface area contributed by atoms with Crippen molar-refractivity contribution in [1.82, 2.24) is 9.13 Å². The maximum atomic E-state index is 9.87. The van der Waals surface area contributed by atoms with Gasteiger partial charge in [-0.05, 0) is 24.0 Å². The molecule has 0 bridgehead atoms. The van der Waals surface area contributed by atoms with Crippen LogP contribution >= 0.6 is 15.6 Å². The second kappa shape index (κ2) is 11.5. The molecule has 3 aromatic rings. The van der Waals surface area contributed by atoms with Gasteiger partial charge in [0.1, 0.15) is 37.9 Å². The molecule has 0 amide bonds. The zero-order valence-electron chi connectivity index (χ0n) is 21.6. The van der Waals surface area contributed by atoms with Crippen LogP contribution in [-0.2, 0) is 26.2 Å². The molecule has 0 spiro atoms. The number of rotatable bonds is 10. The van der Waals surface area contributed by atoms with E-state index in [0.29, 0.717) is 0 Å². The Balaban J connectivity index is 0.000000473. The molecule has 2 heterocycles. The van der Waals surface area contributed by atoms with Crippen molar-refractivity contribution in [2.24, 2.45) is 0 Å². The molecule has 0 aliphatic heterocycles. The van der Waals surface area contributed by atoms with Gasteiger partial charge in [-0.3, -0.25) is 0 Å². The molecule has 0 aliphatic rings. The number of hydrogen-bond acceptors (Lipinski definition) is 0. The number of nitrogens with zero attached hydrogens (tertiary/aromatic N) is 4. The van der Waals surface area contributed by atoms with Gasteiger partial charge in [0.25, 0.3) is 0 Å². The molecule has 2 aromatic heterocycles. The van der Waals surface area contributed by atoms with Gasteiger partial charge in [0.2, 0.25) is 12.7 Å². The second-order valence-corrected chi connectivity index (χ2v) is 12.9. The summed E-state index contributed by atoms with van der Waals surface area (Å²) >= 11 is 0. The van der Waals surface area contributed by atoms with E-state index in [2.05, 4.69) is 93.8 Å². The molecule has 40 heavy (non-hydrogen) atoms. The molecule has 0 aliphatic carbocycles. The van der Waals surface area contributed by atoms with Gasteiger partial charge in [0.15, 0.2) is 0 Å². The minimum absolute atomic E-state index is 0.930. The number of aryl methyl sites for hydroxylation is 2. The summed E-state index contributed by atoms with van der Waals surface area (Å²) in [6, 6.07) is 9.00. The van der Waals surface area contributed by atoms with E-state index in [4.69, 9.17) is 0 Å². The van der Waals surface area contributed by atoms with Crippen molar-refractivity contribution in [3.05, 3.63) is 72.8 Å². The second-order valence-electron chi connectivity index (χ2n) is 9.09. The van der Waals surface area contributed by atoms with Gasteiger partial charge < -0.3 is 0 Å². The Kier molecular flexibility index (Phi) is 10.3. The molecular formula is C22H32F12N4P2. The van der Waals surface area contributed by atoms with Crippen molar-refractivity contribution >= 4 is 15.6 Å². The average molecular weight is 642 g/mol. The summed E-state index contributed by atoms with van der Waals surface area (Å²) < 4.78 is 127. The molecule has 234 valence electrons. The van der Waals surface area contributed by atoms with Crippen molar-refractivity contribution in [3.63, 3.8) is 0 Å². The van der Waals surface area contributed by atoms with E-state index < -0.39 is 15.6 Å². The number of benzene rings is 1. The van der Waals surface area contributed by atoms with Crippen molar-refractivity contribution in [1.29, 1.82) is 0 Å². The molecular weight excluding hydrogens is 610 g/mol. The number of unbranched alkanes of at least 4 members (excludes halogenated alkanes) is 2. The van der Waals surface area contributed by atoms with Crippen LogP contribution in [-0.4, -0.2) is 9.13 Å². The molecule has 0 radical (unpaired) electrons. The molecule has 0 unspecified atom stereocenters. The number of aromatic nitrogens is 4. The molecule has 4 nitrogen and oxygen atoms in total. The van der Waals surface area contributed by atoms with Crippen LogP contribution in [0.3, 0.4) is 0 Å². The summed E-state index contributed by atoms with van der Waals surface area (Å²) in [6.07, 6.45) is 18.0. The zero-order valence-corrected chi connectivity index (χ0v) is 23.4.